The summed E-state index contributed by atoms with van der Waals surface area (Å²) in [4.78, 5) is 16.0. The lowest BCUT2D eigenvalue weighted by Crippen LogP contribution is -2.07. The first-order chi connectivity index (χ1) is 13.2. The van der Waals surface area contributed by atoms with E-state index in [0.29, 0.717) is 11.1 Å². The van der Waals surface area contributed by atoms with Gasteiger partial charge in [0.05, 0.1) is 12.0 Å². The lowest BCUT2D eigenvalue weighted by molar-refractivity contribution is -0.141. The van der Waals surface area contributed by atoms with Crippen molar-refractivity contribution in [3.05, 3.63) is 70.2 Å². The van der Waals surface area contributed by atoms with Crippen LogP contribution in [-0.2, 0) is 16.1 Å². The summed E-state index contributed by atoms with van der Waals surface area (Å²) in [5, 5.41) is 11.3. The summed E-state index contributed by atoms with van der Waals surface area (Å²) in [6.07, 6.45) is 1.67. The number of halogens is 1. The van der Waals surface area contributed by atoms with Crippen LogP contribution in [0.3, 0.4) is 0 Å². The van der Waals surface area contributed by atoms with Crippen LogP contribution in [0.15, 0.2) is 69.3 Å². The highest BCUT2D eigenvalue weighted by molar-refractivity contribution is 9.10. The largest absolute Gasteiger partial charge is 0.460 e. The van der Waals surface area contributed by atoms with E-state index in [0.717, 1.165) is 15.6 Å². The zero-order chi connectivity index (χ0) is 18.9. The molecular weight excluding hydrogens is 430 g/mol. The Morgan fingerprint density at radius 1 is 1.26 bits per heavy atom. The molecule has 0 saturated heterocycles. The molecule has 27 heavy (non-hydrogen) atoms. The first kappa shape index (κ1) is 19.1. The SMILES string of the molecule is O=C(CSc1n[nH]c(N/N=C/c2cccc(Br)c2)n1)OCc1ccccc1. The van der Waals surface area contributed by atoms with E-state index in [4.69, 9.17) is 4.74 Å². The van der Waals surface area contributed by atoms with Gasteiger partial charge in [-0.25, -0.2) is 10.5 Å². The molecule has 0 saturated carbocycles. The summed E-state index contributed by atoms with van der Waals surface area (Å²) in [5.74, 6) is 0.197. The number of H-pyrrole nitrogens is 1. The van der Waals surface area contributed by atoms with E-state index in [9.17, 15) is 4.79 Å². The molecule has 0 radical (unpaired) electrons. The number of thioether (sulfide) groups is 1. The molecule has 0 fully saturated rings. The maximum absolute atomic E-state index is 11.8. The molecule has 9 heteroatoms. The zero-order valence-electron chi connectivity index (χ0n) is 14.1. The molecule has 0 aliphatic heterocycles. The number of nitrogens with zero attached hydrogens (tertiary/aromatic N) is 3. The molecule has 0 amide bonds. The van der Waals surface area contributed by atoms with Gasteiger partial charge >= 0.3 is 5.97 Å². The highest BCUT2D eigenvalue weighted by atomic mass is 79.9. The fourth-order valence-corrected chi connectivity index (χ4v) is 3.03. The van der Waals surface area contributed by atoms with E-state index < -0.39 is 0 Å². The van der Waals surface area contributed by atoms with Crippen LogP contribution in [0.25, 0.3) is 0 Å². The van der Waals surface area contributed by atoms with Gasteiger partial charge in [-0.2, -0.15) is 10.1 Å². The summed E-state index contributed by atoms with van der Waals surface area (Å²) in [6.45, 7) is 0.255. The summed E-state index contributed by atoms with van der Waals surface area (Å²) in [7, 11) is 0. The minimum atomic E-state index is -0.323. The number of carbonyl (C=O) groups is 1. The molecule has 0 aliphatic rings. The van der Waals surface area contributed by atoms with E-state index in [-0.39, 0.29) is 18.3 Å². The minimum Gasteiger partial charge on any atom is -0.460 e. The van der Waals surface area contributed by atoms with Gasteiger partial charge in [-0.3, -0.25) is 4.79 Å². The standard InChI is InChI=1S/C18H16BrN5O2S/c19-15-8-4-7-14(9-15)10-20-22-17-21-18(24-23-17)27-12-16(25)26-11-13-5-2-1-3-6-13/h1-10H,11-12H2,(H2,21,22,23,24)/b20-10+. The number of carbonyl (C=O) groups excluding carboxylic acids is 1. The predicted molar refractivity (Wildman–Crippen MR) is 109 cm³/mol. The van der Waals surface area contributed by atoms with Crippen LogP contribution in [-0.4, -0.2) is 33.1 Å². The molecule has 3 rings (SSSR count). The van der Waals surface area contributed by atoms with Crippen molar-refractivity contribution in [1.29, 1.82) is 0 Å². The van der Waals surface area contributed by atoms with Crippen molar-refractivity contribution in [2.24, 2.45) is 5.10 Å². The molecule has 0 bridgehead atoms. The van der Waals surface area contributed by atoms with E-state index >= 15 is 0 Å². The Morgan fingerprint density at radius 2 is 2.11 bits per heavy atom. The van der Waals surface area contributed by atoms with Gasteiger partial charge in [0, 0.05) is 4.47 Å². The van der Waals surface area contributed by atoms with Gasteiger partial charge in [-0.1, -0.05) is 70.2 Å². The fraction of sp³-hybridized carbons (Fsp3) is 0.111. The maximum Gasteiger partial charge on any atom is 0.316 e. The second-order valence-electron chi connectivity index (χ2n) is 5.33. The summed E-state index contributed by atoms with van der Waals surface area (Å²) >= 11 is 4.59. The highest BCUT2D eigenvalue weighted by Gasteiger charge is 2.08. The van der Waals surface area contributed by atoms with E-state index in [2.05, 4.69) is 41.6 Å². The number of rotatable bonds is 8. The van der Waals surface area contributed by atoms with Crippen molar-refractivity contribution in [3.63, 3.8) is 0 Å². The fourth-order valence-electron chi connectivity index (χ4n) is 2.02. The molecule has 0 spiro atoms. The number of benzene rings is 2. The van der Waals surface area contributed by atoms with Crippen LogP contribution in [0.2, 0.25) is 0 Å². The van der Waals surface area contributed by atoms with Crippen LogP contribution in [0, 0.1) is 0 Å². The van der Waals surface area contributed by atoms with Gasteiger partial charge in [0.25, 0.3) is 0 Å². The monoisotopic (exact) mass is 445 g/mol. The van der Waals surface area contributed by atoms with Crippen LogP contribution < -0.4 is 5.43 Å². The average molecular weight is 446 g/mol. The van der Waals surface area contributed by atoms with Gasteiger partial charge in [0.15, 0.2) is 0 Å². The molecule has 3 aromatic rings. The zero-order valence-corrected chi connectivity index (χ0v) is 16.5. The van der Waals surface area contributed by atoms with Gasteiger partial charge in [0.1, 0.15) is 6.61 Å². The summed E-state index contributed by atoms with van der Waals surface area (Å²) in [5.41, 5.74) is 4.65. The van der Waals surface area contributed by atoms with E-state index in [1.165, 1.54) is 11.8 Å². The highest BCUT2D eigenvalue weighted by Crippen LogP contribution is 2.15. The smallest absolute Gasteiger partial charge is 0.316 e. The van der Waals surface area contributed by atoms with Crippen molar-refractivity contribution in [2.45, 2.75) is 11.8 Å². The predicted octanol–water partition coefficient (Wildman–Crippen LogP) is 3.85. The second-order valence-corrected chi connectivity index (χ2v) is 7.18. The van der Waals surface area contributed by atoms with Crippen molar-refractivity contribution in [3.8, 4) is 0 Å². The number of esters is 1. The Kier molecular flexibility index (Phi) is 7.00. The lowest BCUT2D eigenvalue weighted by atomic mass is 10.2. The number of aromatic amines is 1. The number of aromatic nitrogens is 3. The molecular formula is C18H16BrN5O2S. The molecule has 138 valence electrons. The van der Waals surface area contributed by atoms with Gasteiger partial charge in [-0.05, 0) is 23.3 Å². The van der Waals surface area contributed by atoms with Crippen molar-refractivity contribution in [1.82, 2.24) is 15.2 Å². The molecule has 2 aromatic carbocycles. The third kappa shape index (κ3) is 6.54. The molecule has 0 aliphatic carbocycles. The normalized spacial score (nSPS) is 10.9. The number of hydrazone groups is 1. The maximum atomic E-state index is 11.8. The quantitative estimate of drug-likeness (QED) is 0.236. The third-order valence-corrected chi connectivity index (χ3v) is 4.57. The molecule has 1 aromatic heterocycles. The molecule has 7 nitrogen and oxygen atoms in total. The van der Waals surface area contributed by atoms with Gasteiger partial charge < -0.3 is 4.74 Å². The lowest BCUT2D eigenvalue weighted by Gasteiger charge is -2.03. The van der Waals surface area contributed by atoms with Crippen molar-refractivity contribution >= 4 is 45.8 Å². The number of hydrogen-bond donors (Lipinski definition) is 2. The molecule has 2 N–H and O–H groups in total. The van der Waals surface area contributed by atoms with E-state index in [1.54, 1.807) is 6.21 Å². The topological polar surface area (TPSA) is 92.3 Å². The number of hydrogen-bond acceptors (Lipinski definition) is 7. The first-order valence-corrected chi connectivity index (χ1v) is 9.76. The Balaban J connectivity index is 1.41. The first-order valence-electron chi connectivity index (χ1n) is 7.98. The van der Waals surface area contributed by atoms with Gasteiger partial charge in [0.2, 0.25) is 11.1 Å². The molecule has 1 heterocycles. The van der Waals surface area contributed by atoms with E-state index in [1.807, 2.05) is 54.6 Å². The van der Waals surface area contributed by atoms with Crippen LogP contribution in [0.1, 0.15) is 11.1 Å². The Labute approximate surface area is 168 Å². The van der Waals surface area contributed by atoms with Crippen LogP contribution in [0.5, 0.6) is 0 Å². The second kappa shape index (κ2) is 9.89. The summed E-state index contributed by atoms with van der Waals surface area (Å²) < 4.78 is 6.19. The third-order valence-electron chi connectivity index (χ3n) is 3.26. The van der Waals surface area contributed by atoms with Crippen LogP contribution in [0.4, 0.5) is 5.95 Å². The number of ether oxygens (including phenoxy) is 1. The average Bonchev–Trinajstić information content (AvgIpc) is 3.13. The summed E-state index contributed by atoms with van der Waals surface area (Å²) in [6, 6.07) is 17.3. The number of nitrogens with one attached hydrogen (secondary N) is 2. The van der Waals surface area contributed by atoms with Crippen LogP contribution >= 0.6 is 27.7 Å². The van der Waals surface area contributed by atoms with Crippen molar-refractivity contribution < 1.29 is 9.53 Å². The Bertz CT molecular complexity index is 917. The van der Waals surface area contributed by atoms with Gasteiger partial charge in [-0.15, -0.1) is 5.10 Å². The minimum absolute atomic E-state index is 0.130. The molecule has 0 unspecified atom stereocenters. The number of anilines is 1. The molecule has 0 atom stereocenters. The Morgan fingerprint density at radius 3 is 2.93 bits per heavy atom. The Hall–Kier alpha value is -2.65. The van der Waals surface area contributed by atoms with Crippen molar-refractivity contribution in [2.75, 3.05) is 11.2 Å².